The summed E-state index contributed by atoms with van der Waals surface area (Å²) >= 11 is 4.35. The highest BCUT2D eigenvalue weighted by molar-refractivity contribution is 8.08. The van der Waals surface area contributed by atoms with Crippen molar-refractivity contribution >= 4 is 23.5 Å². The monoisotopic (exact) mass is 414 g/mol. The van der Waals surface area contributed by atoms with Crippen LogP contribution in [0, 0.1) is 0 Å². The first-order valence-electron chi connectivity index (χ1n) is 12.2. The number of unbranched alkanes of at least 4 members (excludes halogenated alkanes) is 12. The zero-order valence-electron chi connectivity index (χ0n) is 18.3. The molecule has 27 heavy (non-hydrogen) atoms. The Morgan fingerprint density at radius 1 is 0.481 bits per heavy atom. The molecular formula is C24H46OS2. The number of hydrogen-bond donors (Lipinski definition) is 0. The molecule has 0 aromatic carbocycles. The van der Waals surface area contributed by atoms with Gasteiger partial charge < -0.3 is 4.74 Å². The molecule has 0 amide bonds. The first-order chi connectivity index (χ1) is 13.3. The normalized spacial score (nSPS) is 26.4. The molecule has 2 fully saturated rings. The summed E-state index contributed by atoms with van der Waals surface area (Å²) in [6, 6.07) is 0. The van der Waals surface area contributed by atoms with Crippen molar-refractivity contribution < 1.29 is 4.74 Å². The summed E-state index contributed by atoms with van der Waals surface area (Å²) in [6.07, 6.45) is 23.0. The summed E-state index contributed by atoms with van der Waals surface area (Å²) in [4.78, 5) is 0. The largest absolute Gasteiger partial charge is 0.379 e. The van der Waals surface area contributed by atoms with Crippen molar-refractivity contribution in [1.29, 1.82) is 0 Å². The van der Waals surface area contributed by atoms with E-state index in [0.717, 1.165) is 34.2 Å². The molecule has 4 unspecified atom stereocenters. The van der Waals surface area contributed by atoms with Gasteiger partial charge in [-0.15, -0.1) is 0 Å². The first-order valence-corrected chi connectivity index (χ1v) is 14.1. The fraction of sp³-hybridized carbons (Fsp3) is 1.00. The van der Waals surface area contributed by atoms with E-state index in [1.54, 1.807) is 0 Å². The number of ether oxygens (including phenoxy) is 1. The Labute approximate surface area is 178 Å². The summed E-state index contributed by atoms with van der Waals surface area (Å²) in [7, 11) is 0. The molecule has 2 aliphatic heterocycles. The average molecular weight is 415 g/mol. The second-order valence-corrected chi connectivity index (χ2v) is 11.7. The highest BCUT2D eigenvalue weighted by Crippen LogP contribution is 2.47. The van der Waals surface area contributed by atoms with Crippen LogP contribution >= 0.6 is 23.5 Å². The molecule has 2 aliphatic rings. The van der Waals surface area contributed by atoms with Gasteiger partial charge in [0.15, 0.2) is 0 Å². The quantitative estimate of drug-likeness (QED) is 0.146. The molecule has 4 atom stereocenters. The van der Waals surface area contributed by atoms with Crippen LogP contribution in [0.5, 0.6) is 0 Å². The minimum atomic E-state index is 0.829. The fourth-order valence-electron chi connectivity index (χ4n) is 4.06. The van der Waals surface area contributed by atoms with Crippen molar-refractivity contribution in [1.82, 2.24) is 0 Å². The molecule has 2 heterocycles. The van der Waals surface area contributed by atoms with E-state index >= 15 is 0 Å². The van der Waals surface area contributed by atoms with Crippen LogP contribution in [-0.4, -0.2) is 34.2 Å². The minimum absolute atomic E-state index is 0.829. The van der Waals surface area contributed by atoms with Gasteiger partial charge in [0.25, 0.3) is 0 Å². The van der Waals surface area contributed by atoms with E-state index in [1.165, 1.54) is 103 Å². The summed E-state index contributed by atoms with van der Waals surface area (Å²) < 4.78 is 6.04. The Balaban J connectivity index is 1.29. The second kappa shape index (κ2) is 15.5. The predicted molar refractivity (Wildman–Crippen MR) is 126 cm³/mol. The number of thioether (sulfide) groups is 2. The van der Waals surface area contributed by atoms with Crippen molar-refractivity contribution in [2.75, 3.05) is 13.2 Å². The lowest BCUT2D eigenvalue weighted by Crippen LogP contribution is -2.10. The Morgan fingerprint density at radius 2 is 0.852 bits per heavy atom. The lowest BCUT2D eigenvalue weighted by molar-refractivity contribution is 0.144. The van der Waals surface area contributed by atoms with Crippen molar-refractivity contribution in [2.24, 2.45) is 0 Å². The Kier molecular flexibility index (Phi) is 13.7. The second-order valence-electron chi connectivity index (χ2n) is 8.78. The van der Waals surface area contributed by atoms with Gasteiger partial charge in [-0.1, -0.05) is 104 Å². The van der Waals surface area contributed by atoms with Gasteiger partial charge in [0, 0.05) is 21.0 Å². The zero-order chi connectivity index (χ0) is 19.2. The summed E-state index contributed by atoms with van der Waals surface area (Å²) in [5, 5.41) is 3.51. The lowest BCUT2D eigenvalue weighted by atomic mass is 10.1. The summed E-state index contributed by atoms with van der Waals surface area (Å²) in [6.45, 7) is 6.64. The van der Waals surface area contributed by atoms with E-state index in [0.29, 0.717) is 0 Å². The van der Waals surface area contributed by atoms with Crippen LogP contribution in [0.1, 0.15) is 117 Å². The molecule has 0 radical (unpaired) electrons. The molecule has 3 heteroatoms. The first kappa shape index (κ1) is 23.9. The maximum atomic E-state index is 6.04. The molecule has 1 nitrogen and oxygen atoms in total. The highest BCUT2D eigenvalue weighted by atomic mass is 32.2. The van der Waals surface area contributed by atoms with Gasteiger partial charge in [-0.3, -0.25) is 0 Å². The molecule has 0 saturated carbocycles. The van der Waals surface area contributed by atoms with E-state index in [1.807, 2.05) is 0 Å². The molecule has 160 valence electrons. The smallest absolute Gasteiger partial charge is 0.0596 e. The van der Waals surface area contributed by atoms with Crippen LogP contribution < -0.4 is 0 Å². The van der Waals surface area contributed by atoms with Crippen LogP contribution in [0.3, 0.4) is 0 Å². The van der Waals surface area contributed by atoms with Crippen molar-refractivity contribution in [3.05, 3.63) is 0 Å². The molecule has 0 aromatic rings. The molecule has 0 N–H and O–H groups in total. The average Bonchev–Trinajstić information content (AvgIpc) is 3.58. The number of hydrogen-bond acceptors (Lipinski definition) is 3. The molecule has 2 saturated heterocycles. The third kappa shape index (κ3) is 12.1. The van der Waals surface area contributed by atoms with Gasteiger partial charge in [-0.2, -0.15) is 23.5 Å². The number of rotatable bonds is 20. The third-order valence-corrected chi connectivity index (χ3v) is 8.95. The maximum absolute atomic E-state index is 6.04. The SMILES string of the molecule is CCCCCCCCCC1SC1COCC1SC1CCCCCCCCC. The Morgan fingerprint density at radius 3 is 1.26 bits per heavy atom. The van der Waals surface area contributed by atoms with E-state index in [4.69, 9.17) is 4.74 Å². The standard InChI is InChI=1S/C24H46OS2/c1-3-5-7-9-11-13-15-17-21-23(26-21)19-25-20-24-22(27-24)18-16-14-12-10-8-6-4-2/h21-24H,3-20H2,1-2H3. The molecule has 2 rings (SSSR count). The predicted octanol–water partition coefficient (Wildman–Crippen LogP) is 8.25. The topological polar surface area (TPSA) is 9.23 Å². The van der Waals surface area contributed by atoms with Gasteiger partial charge >= 0.3 is 0 Å². The van der Waals surface area contributed by atoms with E-state index in [2.05, 4.69) is 37.4 Å². The molecule has 0 spiro atoms. The van der Waals surface area contributed by atoms with Gasteiger partial charge in [0.2, 0.25) is 0 Å². The van der Waals surface area contributed by atoms with Crippen LogP contribution in [0.15, 0.2) is 0 Å². The Bertz CT molecular complexity index is 317. The Hall–Kier alpha value is 0.660. The van der Waals surface area contributed by atoms with Gasteiger partial charge in [-0.05, 0) is 12.8 Å². The van der Waals surface area contributed by atoms with E-state index in [9.17, 15) is 0 Å². The fourth-order valence-corrected chi connectivity index (χ4v) is 6.17. The lowest BCUT2D eigenvalue weighted by Gasteiger charge is -2.03. The van der Waals surface area contributed by atoms with Gasteiger partial charge in [0.05, 0.1) is 13.2 Å². The summed E-state index contributed by atoms with van der Waals surface area (Å²) in [5.41, 5.74) is 0. The van der Waals surface area contributed by atoms with Crippen LogP contribution in [0.4, 0.5) is 0 Å². The minimum Gasteiger partial charge on any atom is -0.379 e. The highest BCUT2D eigenvalue weighted by Gasteiger charge is 2.40. The van der Waals surface area contributed by atoms with Crippen molar-refractivity contribution in [3.8, 4) is 0 Å². The van der Waals surface area contributed by atoms with Crippen molar-refractivity contribution in [3.63, 3.8) is 0 Å². The van der Waals surface area contributed by atoms with Crippen LogP contribution in [0.25, 0.3) is 0 Å². The van der Waals surface area contributed by atoms with Crippen LogP contribution in [-0.2, 0) is 4.74 Å². The van der Waals surface area contributed by atoms with E-state index < -0.39 is 0 Å². The molecular weight excluding hydrogens is 368 g/mol. The molecule has 0 bridgehead atoms. The third-order valence-electron chi connectivity index (χ3n) is 6.12. The van der Waals surface area contributed by atoms with Gasteiger partial charge in [-0.25, -0.2) is 0 Å². The zero-order valence-corrected chi connectivity index (χ0v) is 19.9. The molecule has 0 aromatic heterocycles. The van der Waals surface area contributed by atoms with Gasteiger partial charge in [0.1, 0.15) is 0 Å². The van der Waals surface area contributed by atoms with Crippen molar-refractivity contribution in [2.45, 2.75) is 138 Å². The molecule has 0 aliphatic carbocycles. The van der Waals surface area contributed by atoms with E-state index in [-0.39, 0.29) is 0 Å². The maximum Gasteiger partial charge on any atom is 0.0596 e. The van der Waals surface area contributed by atoms with Crippen LogP contribution in [0.2, 0.25) is 0 Å². The summed E-state index contributed by atoms with van der Waals surface area (Å²) in [5.74, 6) is 0.